The quantitative estimate of drug-likeness (QED) is 0.649. The number of rotatable bonds is 4. The number of ether oxygens (including phenoxy) is 1. The Morgan fingerprint density at radius 1 is 1.26 bits per heavy atom. The topological polar surface area (TPSA) is 70.9 Å². The Balaban J connectivity index is 2.12. The van der Waals surface area contributed by atoms with Crippen LogP contribution in [0.4, 0.5) is 0 Å². The predicted molar refractivity (Wildman–Crippen MR) is 90.9 cm³/mol. The second-order valence-corrected chi connectivity index (χ2v) is 5.55. The minimum atomic E-state index is -0.428. The van der Waals surface area contributed by atoms with Crippen LogP contribution in [0.3, 0.4) is 0 Å². The summed E-state index contributed by atoms with van der Waals surface area (Å²) in [7, 11) is 1.41. The van der Waals surface area contributed by atoms with E-state index in [2.05, 4.69) is 10.5 Å². The van der Waals surface area contributed by atoms with E-state index in [1.165, 1.54) is 25.5 Å². The van der Waals surface area contributed by atoms with Crippen molar-refractivity contribution in [1.82, 2.24) is 5.43 Å². The summed E-state index contributed by atoms with van der Waals surface area (Å²) in [4.78, 5) is 12.0. The molecule has 2 N–H and O–H groups in total. The Morgan fingerprint density at radius 3 is 2.65 bits per heavy atom. The van der Waals surface area contributed by atoms with E-state index in [4.69, 9.17) is 27.9 Å². The number of benzene rings is 2. The zero-order chi connectivity index (χ0) is 17.0. The number of hydrogen-bond acceptors (Lipinski definition) is 4. The van der Waals surface area contributed by atoms with E-state index in [0.717, 1.165) is 5.56 Å². The van der Waals surface area contributed by atoms with Gasteiger partial charge in [-0.15, -0.1) is 0 Å². The van der Waals surface area contributed by atoms with Gasteiger partial charge in [0.1, 0.15) is 0 Å². The molecule has 0 saturated carbocycles. The van der Waals surface area contributed by atoms with Crippen molar-refractivity contribution in [3.8, 4) is 11.5 Å². The third kappa shape index (κ3) is 4.15. The van der Waals surface area contributed by atoms with Crippen molar-refractivity contribution in [2.45, 2.75) is 6.92 Å². The number of hydrazone groups is 1. The fraction of sp³-hybridized carbons (Fsp3) is 0.125. The molecule has 2 rings (SSSR count). The number of carbonyl (C=O) groups is 1. The molecule has 0 fully saturated rings. The van der Waals surface area contributed by atoms with Crippen molar-refractivity contribution in [1.29, 1.82) is 0 Å². The lowest BCUT2D eigenvalue weighted by Gasteiger charge is -2.06. The summed E-state index contributed by atoms with van der Waals surface area (Å²) in [5.41, 5.74) is 4.22. The molecule has 7 heteroatoms. The van der Waals surface area contributed by atoms with Gasteiger partial charge < -0.3 is 9.84 Å². The Bertz CT molecular complexity index is 776. The molecule has 5 nitrogen and oxygen atoms in total. The number of phenolic OH excluding ortho intramolecular Hbond substituents is 1. The average molecular weight is 353 g/mol. The minimum Gasteiger partial charge on any atom is -0.503 e. The van der Waals surface area contributed by atoms with Crippen LogP contribution in [0, 0.1) is 6.92 Å². The van der Waals surface area contributed by atoms with Crippen LogP contribution in [-0.4, -0.2) is 24.3 Å². The molecule has 0 heterocycles. The highest BCUT2D eigenvalue weighted by Crippen LogP contribution is 2.34. The third-order valence-corrected chi connectivity index (χ3v) is 3.62. The van der Waals surface area contributed by atoms with Crippen LogP contribution in [0.15, 0.2) is 35.4 Å². The fourth-order valence-electron chi connectivity index (χ4n) is 1.85. The van der Waals surface area contributed by atoms with Gasteiger partial charge in [-0.3, -0.25) is 4.79 Å². The number of methoxy groups -OCH3 is 1. The Labute approximate surface area is 143 Å². The fourth-order valence-corrected chi connectivity index (χ4v) is 2.39. The predicted octanol–water partition coefficient (Wildman–Crippen LogP) is 3.78. The lowest BCUT2D eigenvalue weighted by molar-refractivity contribution is 0.0955. The van der Waals surface area contributed by atoms with Gasteiger partial charge in [-0.05, 0) is 42.3 Å². The summed E-state index contributed by atoms with van der Waals surface area (Å²) in [6, 6.07) is 8.15. The minimum absolute atomic E-state index is 0.124. The highest BCUT2D eigenvalue weighted by atomic mass is 35.5. The molecule has 0 aliphatic heterocycles. The van der Waals surface area contributed by atoms with Gasteiger partial charge in [0.15, 0.2) is 11.5 Å². The molecule has 1 amide bonds. The molecule has 0 spiro atoms. The summed E-state index contributed by atoms with van der Waals surface area (Å²) in [5, 5.41) is 14.0. The number of phenols is 1. The van der Waals surface area contributed by atoms with E-state index in [-0.39, 0.29) is 16.5 Å². The van der Waals surface area contributed by atoms with Crippen LogP contribution in [-0.2, 0) is 0 Å². The molecule has 0 unspecified atom stereocenters. The molecule has 0 aliphatic rings. The molecule has 23 heavy (non-hydrogen) atoms. The van der Waals surface area contributed by atoms with Crippen LogP contribution >= 0.6 is 23.2 Å². The van der Waals surface area contributed by atoms with Crippen LogP contribution in [0.5, 0.6) is 11.5 Å². The summed E-state index contributed by atoms with van der Waals surface area (Å²) in [5.74, 6) is -0.364. The average Bonchev–Trinajstić information content (AvgIpc) is 2.50. The molecule has 2 aromatic rings. The number of halogens is 2. The molecule has 0 bridgehead atoms. The number of nitrogens with one attached hydrogen (secondary N) is 1. The molecular weight excluding hydrogens is 339 g/mol. The lowest BCUT2D eigenvalue weighted by atomic mass is 10.1. The van der Waals surface area contributed by atoms with Crippen LogP contribution in [0.1, 0.15) is 21.5 Å². The normalized spacial score (nSPS) is 10.8. The number of amides is 1. The standard InChI is InChI=1S/C16H14Cl2N2O3/c1-9-3-4-11(12(17)5-9)16(22)20-19-8-10-6-13(18)15(21)14(7-10)23-2/h3-8,21H,1-2H3,(H,20,22)/b19-8+. The Kier molecular flexibility index (Phi) is 5.47. The first-order valence-corrected chi connectivity index (χ1v) is 7.34. The number of nitrogens with zero attached hydrogens (tertiary/aromatic N) is 1. The van der Waals surface area contributed by atoms with E-state index < -0.39 is 5.91 Å². The second-order valence-electron chi connectivity index (χ2n) is 4.74. The van der Waals surface area contributed by atoms with Gasteiger partial charge in [0.2, 0.25) is 0 Å². The van der Waals surface area contributed by atoms with Gasteiger partial charge in [-0.25, -0.2) is 5.43 Å². The molecule has 0 saturated heterocycles. The van der Waals surface area contributed by atoms with Gasteiger partial charge in [-0.2, -0.15) is 5.10 Å². The Morgan fingerprint density at radius 2 is 2.00 bits per heavy atom. The third-order valence-electron chi connectivity index (χ3n) is 3.02. The van der Waals surface area contributed by atoms with Crippen molar-refractivity contribution in [2.75, 3.05) is 7.11 Å². The highest BCUT2D eigenvalue weighted by Gasteiger charge is 2.10. The van der Waals surface area contributed by atoms with E-state index in [9.17, 15) is 9.90 Å². The largest absolute Gasteiger partial charge is 0.503 e. The smallest absolute Gasteiger partial charge is 0.272 e. The van der Waals surface area contributed by atoms with Crippen molar-refractivity contribution in [3.63, 3.8) is 0 Å². The lowest BCUT2D eigenvalue weighted by Crippen LogP contribution is -2.18. The zero-order valence-electron chi connectivity index (χ0n) is 12.4. The van der Waals surface area contributed by atoms with Crippen LogP contribution < -0.4 is 10.2 Å². The van der Waals surface area contributed by atoms with Gasteiger partial charge >= 0.3 is 0 Å². The Hall–Kier alpha value is -2.24. The maximum atomic E-state index is 12.0. The molecule has 2 aromatic carbocycles. The molecule has 0 atom stereocenters. The highest BCUT2D eigenvalue weighted by molar-refractivity contribution is 6.34. The molecule has 0 radical (unpaired) electrons. The van der Waals surface area contributed by atoms with Crippen LogP contribution in [0.2, 0.25) is 10.0 Å². The van der Waals surface area contributed by atoms with E-state index in [1.807, 2.05) is 6.92 Å². The maximum absolute atomic E-state index is 12.0. The maximum Gasteiger partial charge on any atom is 0.272 e. The molecular formula is C16H14Cl2N2O3. The number of carbonyl (C=O) groups excluding carboxylic acids is 1. The first-order chi connectivity index (χ1) is 10.9. The van der Waals surface area contributed by atoms with Gasteiger partial charge in [-0.1, -0.05) is 29.3 Å². The number of aryl methyl sites for hydroxylation is 1. The van der Waals surface area contributed by atoms with Gasteiger partial charge in [0.25, 0.3) is 5.91 Å². The van der Waals surface area contributed by atoms with Crippen LogP contribution in [0.25, 0.3) is 0 Å². The molecule has 120 valence electrons. The summed E-state index contributed by atoms with van der Waals surface area (Å²) >= 11 is 11.9. The summed E-state index contributed by atoms with van der Waals surface area (Å²) in [6.07, 6.45) is 1.38. The van der Waals surface area contributed by atoms with E-state index in [1.54, 1.807) is 18.2 Å². The van der Waals surface area contributed by atoms with Crippen molar-refractivity contribution in [2.24, 2.45) is 5.10 Å². The van der Waals surface area contributed by atoms with Gasteiger partial charge in [0, 0.05) is 0 Å². The molecule has 0 aromatic heterocycles. The van der Waals surface area contributed by atoms with Crippen molar-refractivity contribution < 1.29 is 14.6 Å². The summed E-state index contributed by atoms with van der Waals surface area (Å²) in [6.45, 7) is 1.88. The van der Waals surface area contributed by atoms with Gasteiger partial charge in [0.05, 0.1) is 28.9 Å². The molecule has 0 aliphatic carbocycles. The number of aromatic hydroxyl groups is 1. The summed E-state index contributed by atoms with van der Waals surface area (Å²) < 4.78 is 4.99. The monoisotopic (exact) mass is 352 g/mol. The van der Waals surface area contributed by atoms with E-state index >= 15 is 0 Å². The first kappa shape index (κ1) is 17.1. The van der Waals surface area contributed by atoms with Crippen molar-refractivity contribution >= 4 is 35.3 Å². The van der Waals surface area contributed by atoms with Crippen molar-refractivity contribution in [3.05, 3.63) is 57.1 Å². The second kappa shape index (κ2) is 7.35. The first-order valence-electron chi connectivity index (χ1n) is 6.58. The van der Waals surface area contributed by atoms with E-state index in [0.29, 0.717) is 16.1 Å². The zero-order valence-corrected chi connectivity index (χ0v) is 13.9. The SMILES string of the molecule is COc1cc(/C=N/NC(=O)c2ccc(C)cc2Cl)cc(Cl)c1O. The number of hydrogen-bond donors (Lipinski definition) is 2.